The second-order valence-corrected chi connectivity index (χ2v) is 23.4. The van der Waals surface area contributed by atoms with E-state index in [-0.39, 0.29) is 0 Å². The number of para-hydroxylation sites is 5. The summed E-state index contributed by atoms with van der Waals surface area (Å²) in [6.45, 7) is 0. The smallest absolute Gasteiger partial charge is 0.164 e. The van der Waals surface area contributed by atoms with E-state index in [4.69, 9.17) is 29.9 Å². The van der Waals surface area contributed by atoms with E-state index >= 15 is 0 Å². The van der Waals surface area contributed by atoms with Crippen molar-refractivity contribution >= 4 is 65.4 Å². The van der Waals surface area contributed by atoms with E-state index in [1.807, 2.05) is 97.1 Å². The van der Waals surface area contributed by atoms with Crippen molar-refractivity contribution in [2.24, 2.45) is 0 Å². The highest BCUT2D eigenvalue weighted by Crippen LogP contribution is 2.46. The van der Waals surface area contributed by atoms with Crippen LogP contribution in [0.2, 0.25) is 0 Å². The third-order valence-corrected chi connectivity index (χ3v) is 18.0. The minimum atomic E-state index is 0.550. The van der Waals surface area contributed by atoms with Crippen LogP contribution in [-0.2, 0) is 0 Å². The highest BCUT2D eigenvalue weighted by atomic mass is 15.1. The number of benzene rings is 13. The molecule has 0 aliphatic rings. The second kappa shape index (κ2) is 22.1. The van der Waals surface area contributed by atoms with Crippen molar-refractivity contribution in [2.45, 2.75) is 0 Å². The number of hydrogen-bond donors (Lipinski definition) is 0. The van der Waals surface area contributed by atoms with E-state index in [0.29, 0.717) is 34.9 Å². The van der Waals surface area contributed by atoms with Gasteiger partial charge in [-0.1, -0.05) is 237 Å². The molecule has 0 amide bonds. The molecule has 9 nitrogen and oxygen atoms in total. The SMILES string of the molecule is c1ccc(-c2nc(-c3ccccc3)nc(-c3cc(-c4ccc(-n5c6ccccc6c6ccccc65)cc4)c(-n4c5ccccc5c5cc(-c6nc(-c7ccccc7)nc(-c7ccccc7)n6)ccc54)c(-c4ccc(-n5c6ccccc6c6ccccc65)cc4)c3)n2)cc1. The molecule has 93 heavy (non-hydrogen) atoms. The molecule has 13 aromatic carbocycles. The first-order valence-electron chi connectivity index (χ1n) is 31.3. The van der Waals surface area contributed by atoms with Crippen LogP contribution in [0.5, 0.6) is 0 Å². The fraction of sp³-hybridized carbons (Fsp3) is 0. The predicted molar refractivity (Wildman–Crippen MR) is 380 cm³/mol. The fourth-order valence-corrected chi connectivity index (χ4v) is 13.7. The van der Waals surface area contributed by atoms with Gasteiger partial charge in [-0.3, -0.25) is 0 Å². The largest absolute Gasteiger partial charge is 0.309 e. The van der Waals surface area contributed by atoms with Crippen LogP contribution in [0.1, 0.15) is 0 Å². The summed E-state index contributed by atoms with van der Waals surface area (Å²) in [6.07, 6.45) is 0. The maximum atomic E-state index is 5.41. The summed E-state index contributed by atoms with van der Waals surface area (Å²) in [6, 6.07) is 113. The van der Waals surface area contributed by atoms with Crippen LogP contribution in [0.15, 0.2) is 322 Å². The highest BCUT2D eigenvalue weighted by molar-refractivity contribution is 6.13. The van der Waals surface area contributed by atoms with Crippen LogP contribution in [0.3, 0.4) is 0 Å². The molecule has 0 atom stereocenters. The van der Waals surface area contributed by atoms with Gasteiger partial charge >= 0.3 is 0 Å². The third kappa shape index (κ3) is 9.17. The molecule has 0 bridgehead atoms. The van der Waals surface area contributed by atoms with Crippen LogP contribution >= 0.6 is 0 Å². The summed E-state index contributed by atoms with van der Waals surface area (Å²) < 4.78 is 7.21. The van der Waals surface area contributed by atoms with Gasteiger partial charge in [0.05, 0.1) is 38.8 Å². The molecule has 0 unspecified atom stereocenters. The molecule has 18 rings (SSSR count). The van der Waals surface area contributed by atoms with E-state index in [1.54, 1.807) is 0 Å². The Morgan fingerprint density at radius 3 is 0.774 bits per heavy atom. The standard InChI is InChI=1S/C84H53N9/c1-5-23-56(24-6-1)79-85-80(57-25-7-2-8-26-57)88-83(87-79)60-45-50-77-71(51-60)68-35-17-22-40-76(68)93(77)78-69(54-41-46-62(47-42-54)91-72-36-18-13-31-64(72)65-32-14-19-37-73(65)91)52-61(84-89-81(58-27-9-3-10-28-58)86-82(90-84)59-29-11-4-12-30-59)53-70(78)55-43-48-63(49-44-55)92-74-38-20-15-33-66(74)67-34-16-21-39-75(67)92/h1-53H. The number of aromatic nitrogens is 9. The first-order chi connectivity index (χ1) is 46.1. The molecule has 434 valence electrons. The Hall–Kier alpha value is -12.7. The normalized spacial score (nSPS) is 11.7. The van der Waals surface area contributed by atoms with Gasteiger partial charge in [0.25, 0.3) is 0 Å². The highest BCUT2D eigenvalue weighted by Gasteiger charge is 2.25. The van der Waals surface area contributed by atoms with Gasteiger partial charge in [0, 0.05) is 88.2 Å². The average Bonchev–Trinajstić information content (AvgIpc) is 1.73. The molecule has 0 fully saturated rings. The van der Waals surface area contributed by atoms with E-state index < -0.39 is 0 Å². The number of rotatable bonds is 11. The zero-order chi connectivity index (χ0) is 61.3. The summed E-state index contributed by atoms with van der Waals surface area (Å²) in [5.41, 5.74) is 19.0. The zero-order valence-electron chi connectivity index (χ0n) is 50.1. The molecule has 0 N–H and O–H groups in total. The van der Waals surface area contributed by atoms with Crippen molar-refractivity contribution in [1.82, 2.24) is 43.6 Å². The molecular weight excluding hydrogens is 1130 g/mol. The Morgan fingerprint density at radius 2 is 0.430 bits per heavy atom. The van der Waals surface area contributed by atoms with Gasteiger partial charge in [0.1, 0.15) is 0 Å². The molecular formula is C84H53N9. The lowest BCUT2D eigenvalue weighted by atomic mass is 9.92. The molecule has 0 saturated carbocycles. The van der Waals surface area contributed by atoms with Crippen molar-refractivity contribution in [2.75, 3.05) is 0 Å². The van der Waals surface area contributed by atoms with Gasteiger partial charge in [-0.25, -0.2) is 29.9 Å². The van der Waals surface area contributed by atoms with Crippen LogP contribution in [0.25, 0.3) is 173 Å². The minimum Gasteiger partial charge on any atom is -0.309 e. The topological polar surface area (TPSA) is 92.1 Å². The molecule has 0 radical (unpaired) electrons. The Morgan fingerprint density at radius 1 is 0.172 bits per heavy atom. The van der Waals surface area contributed by atoms with Gasteiger partial charge in [-0.2, -0.15) is 0 Å². The average molecular weight is 1190 g/mol. The number of hydrogen-bond acceptors (Lipinski definition) is 6. The van der Waals surface area contributed by atoms with Crippen LogP contribution in [0.4, 0.5) is 0 Å². The van der Waals surface area contributed by atoms with E-state index in [2.05, 4.69) is 238 Å². The Balaban J connectivity index is 0.914. The monoisotopic (exact) mass is 1190 g/mol. The molecule has 0 saturated heterocycles. The molecule has 5 aromatic heterocycles. The predicted octanol–water partition coefficient (Wildman–Crippen LogP) is 20.7. The van der Waals surface area contributed by atoms with Crippen molar-refractivity contribution in [3.63, 3.8) is 0 Å². The quantitative estimate of drug-likeness (QED) is 0.128. The Bertz CT molecular complexity index is 5500. The minimum absolute atomic E-state index is 0.550. The van der Waals surface area contributed by atoms with Gasteiger partial charge in [0.2, 0.25) is 0 Å². The first kappa shape index (κ1) is 53.3. The molecule has 9 heteroatoms. The first-order valence-corrected chi connectivity index (χ1v) is 31.3. The Kier molecular flexibility index (Phi) is 12.7. The van der Waals surface area contributed by atoms with Crippen molar-refractivity contribution in [3.05, 3.63) is 322 Å². The second-order valence-electron chi connectivity index (χ2n) is 23.4. The van der Waals surface area contributed by atoms with Gasteiger partial charge in [-0.05, 0) is 96.1 Å². The third-order valence-electron chi connectivity index (χ3n) is 18.0. The van der Waals surface area contributed by atoms with Crippen molar-refractivity contribution in [1.29, 1.82) is 0 Å². The molecule has 5 heterocycles. The van der Waals surface area contributed by atoms with Crippen LogP contribution in [0, 0.1) is 0 Å². The summed E-state index contributed by atoms with van der Waals surface area (Å²) in [5.74, 6) is 3.52. The zero-order valence-corrected chi connectivity index (χ0v) is 50.1. The molecule has 0 spiro atoms. The maximum Gasteiger partial charge on any atom is 0.164 e. The Labute approximate surface area is 535 Å². The molecule has 0 aliphatic heterocycles. The molecule has 18 aromatic rings. The van der Waals surface area contributed by atoms with Gasteiger partial charge in [0.15, 0.2) is 34.9 Å². The van der Waals surface area contributed by atoms with Crippen LogP contribution in [-0.4, -0.2) is 43.6 Å². The lowest BCUT2D eigenvalue weighted by Crippen LogP contribution is -2.04. The summed E-state index contributed by atoms with van der Waals surface area (Å²) in [5, 5.41) is 6.97. The van der Waals surface area contributed by atoms with Gasteiger partial charge in [-0.15, -0.1) is 0 Å². The van der Waals surface area contributed by atoms with E-state index in [0.717, 1.165) is 117 Å². The van der Waals surface area contributed by atoms with E-state index in [1.165, 1.54) is 21.5 Å². The number of fused-ring (bicyclic) bond motifs is 9. The van der Waals surface area contributed by atoms with Crippen LogP contribution < -0.4 is 0 Å². The summed E-state index contributed by atoms with van der Waals surface area (Å²) in [7, 11) is 0. The lowest BCUT2D eigenvalue weighted by Gasteiger charge is -2.22. The van der Waals surface area contributed by atoms with E-state index in [9.17, 15) is 0 Å². The summed E-state index contributed by atoms with van der Waals surface area (Å²) in [4.78, 5) is 31.5. The lowest BCUT2D eigenvalue weighted by molar-refractivity contribution is 1.07. The van der Waals surface area contributed by atoms with Gasteiger partial charge < -0.3 is 13.7 Å². The summed E-state index contributed by atoms with van der Waals surface area (Å²) >= 11 is 0. The maximum absolute atomic E-state index is 5.41. The molecule has 0 aliphatic carbocycles. The number of nitrogens with zero attached hydrogens (tertiary/aromatic N) is 9. The fourth-order valence-electron chi connectivity index (χ4n) is 13.7. The van der Waals surface area contributed by atoms with Crippen molar-refractivity contribution < 1.29 is 0 Å². The van der Waals surface area contributed by atoms with Crippen molar-refractivity contribution in [3.8, 4) is 108 Å².